The molecule has 2 aromatic heterocycles. The van der Waals surface area contributed by atoms with Crippen LogP contribution in [0.1, 0.15) is 75.1 Å². The third-order valence-electron chi connectivity index (χ3n) is 14.9. The van der Waals surface area contributed by atoms with Gasteiger partial charge in [0.2, 0.25) is 0 Å². The molecule has 0 bridgehead atoms. The van der Waals surface area contributed by atoms with Gasteiger partial charge in [0.25, 0.3) is 11.8 Å². The van der Waals surface area contributed by atoms with Crippen molar-refractivity contribution in [3.63, 3.8) is 0 Å². The van der Waals surface area contributed by atoms with Crippen LogP contribution in [0.15, 0.2) is 24.3 Å². The number of phenolic OH excluding ortho intramolecular Hbond substituents is 2. The number of piperazine rings is 2. The molecule has 75 heavy (non-hydrogen) atoms. The lowest BCUT2D eigenvalue weighted by molar-refractivity contribution is 0.000850. The Kier molecular flexibility index (Phi) is 12.7. The summed E-state index contributed by atoms with van der Waals surface area (Å²) < 4.78 is 113. The zero-order valence-electron chi connectivity index (χ0n) is 41.9. The number of phenols is 2. The number of nitrogens with zero attached hydrogens (tertiary/aromatic N) is 8. The average Bonchev–Trinajstić information content (AvgIpc) is 3.67. The number of ether oxygens (including phenoxy) is 3. The molecule has 0 saturated carbocycles. The van der Waals surface area contributed by atoms with Gasteiger partial charge in [0, 0.05) is 64.4 Å². The molecule has 3 unspecified atom stereocenters. The minimum Gasteiger partial charge on any atom is -0.504 e. The molecule has 0 spiro atoms. The van der Waals surface area contributed by atoms with Gasteiger partial charge in [0.15, 0.2) is 46.3 Å². The number of amides is 3. The van der Waals surface area contributed by atoms with Crippen LogP contribution in [0.3, 0.4) is 0 Å². The zero-order chi connectivity index (χ0) is 54.0. The number of aliphatic hydroxyl groups excluding tert-OH is 2. The third-order valence-corrected chi connectivity index (χ3v) is 14.9. The van der Waals surface area contributed by atoms with Gasteiger partial charge in [0.05, 0.1) is 41.0 Å². The fourth-order valence-corrected chi connectivity index (χ4v) is 11.5. The average molecular weight is 1060 g/mol. The maximum Gasteiger partial charge on any atom is 0.410 e. The summed E-state index contributed by atoms with van der Waals surface area (Å²) >= 11 is 0. The Bertz CT molecular complexity index is 3040. The van der Waals surface area contributed by atoms with Crippen molar-refractivity contribution in [2.75, 3.05) is 81.9 Å². The first-order chi connectivity index (χ1) is 35.3. The second-order valence-electron chi connectivity index (χ2n) is 21.9. The summed E-state index contributed by atoms with van der Waals surface area (Å²) in [4.78, 5) is 61.2. The molecule has 4 N–H and O–H groups in total. The van der Waals surface area contributed by atoms with Gasteiger partial charge in [-0.3, -0.25) is 14.5 Å². The maximum atomic E-state index is 17.1. The second kappa shape index (κ2) is 18.5. The standard InChI is InChI=1S/C51H56F6N8O10/c1-49(2,3)75-48(72)61-12-14-63-25(18-61)22-74-43-35(47(63)71)45(59-39(37(43)57)33-29(53)8-10-31(55)41(33)69)65-20-27(67)16-51(65,6)23-60-11-13-62-24(17-60)21-73-42-34(46(62)70)44(64-19-26(66)15-50(64,4)5)58-38(36(42)56)32-28(52)7-9-30(54)40(32)68/h7-10,24-27,66-69H,11-23H2,1-6H3/t24-,25-,26?,27?,51?/m1/s1. The van der Waals surface area contributed by atoms with Crippen molar-refractivity contribution < 1.29 is 75.4 Å². The van der Waals surface area contributed by atoms with E-state index < -0.39 is 145 Å². The Morgan fingerprint density at radius 2 is 1.13 bits per heavy atom. The van der Waals surface area contributed by atoms with E-state index in [-0.39, 0.29) is 102 Å². The molecule has 0 radical (unpaired) electrons. The lowest BCUT2D eigenvalue weighted by Gasteiger charge is -2.45. The highest BCUT2D eigenvalue weighted by atomic mass is 19.1. The van der Waals surface area contributed by atoms with Crippen molar-refractivity contribution in [3.05, 3.63) is 70.3 Å². The Morgan fingerprint density at radius 3 is 1.64 bits per heavy atom. The maximum absolute atomic E-state index is 17.1. The van der Waals surface area contributed by atoms with Gasteiger partial charge >= 0.3 is 6.09 Å². The lowest BCUT2D eigenvalue weighted by Crippen LogP contribution is -2.60. The van der Waals surface area contributed by atoms with Crippen molar-refractivity contribution in [2.45, 2.75) is 95.4 Å². The smallest absolute Gasteiger partial charge is 0.410 e. The second-order valence-corrected chi connectivity index (χ2v) is 21.9. The number of aromatic hydroxyl groups is 2. The number of pyridine rings is 2. The predicted octanol–water partition coefficient (Wildman–Crippen LogP) is 5.41. The summed E-state index contributed by atoms with van der Waals surface area (Å²) in [5, 5.41) is 43.8. The highest BCUT2D eigenvalue weighted by Crippen LogP contribution is 2.49. The SMILES string of the molecule is CC(C)(C)OC(=O)N1CCN2C(=O)c3c(N4CC(O)CC4(C)CN4CCN5C(=O)c6c(N7CC(O)CC7(C)C)nc(-c7c(F)ccc(F)c7O)c(F)c6OC[C@H]5C4)nc(-c4c(F)ccc(F)c4O)c(F)c3OC[C@H]2C1. The van der Waals surface area contributed by atoms with Gasteiger partial charge in [0.1, 0.15) is 64.6 Å². The normalized spacial score (nSPS) is 24.7. The quantitative estimate of drug-likeness (QED) is 0.178. The van der Waals surface area contributed by atoms with Crippen molar-refractivity contribution in [1.82, 2.24) is 29.6 Å². The first kappa shape index (κ1) is 51.7. The number of carbonyl (C=O) groups excluding carboxylic acids is 3. The molecule has 18 nitrogen and oxygen atoms in total. The monoisotopic (exact) mass is 1050 g/mol. The summed E-state index contributed by atoms with van der Waals surface area (Å²) in [7, 11) is 0. The number of hydrogen-bond donors (Lipinski definition) is 4. The fraction of sp³-hybridized carbons (Fsp3) is 0.510. The van der Waals surface area contributed by atoms with E-state index in [2.05, 4.69) is 9.97 Å². The number of fused-ring (bicyclic) bond motifs is 4. The minimum absolute atomic E-state index is 0.00846. The van der Waals surface area contributed by atoms with Gasteiger partial charge in [-0.15, -0.1) is 0 Å². The van der Waals surface area contributed by atoms with E-state index >= 15 is 17.6 Å². The number of aromatic nitrogens is 2. The molecule has 402 valence electrons. The first-order valence-electron chi connectivity index (χ1n) is 24.6. The molecule has 0 aliphatic carbocycles. The van der Waals surface area contributed by atoms with E-state index in [1.165, 1.54) is 14.7 Å². The van der Waals surface area contributed by atoms with Gasteiger partial charge in [-0.1, -0.05) is 0 Å². The Morgan fingerprint density at radius 1 is 0.667 bits per heavy atom. The topological polar surface area (TPSA) is 205 Å². The number of carbonyl (C=O) groups is 3. The van der Waals surface area contributed by atoms with Crippen molar-refractivity contribution >= 4 is 29.5 Å². The van der Waals surface area contributed by atoms with Crippen LogP contribution >= 0.6 is 0 Å². The largest absolute Gasteiger partial charge is 0.504 e. The van der Waals surface area contributed by atoms with Crippen molar-refractivity contribution in [2.24, 2.45) is 0 Å². The van der Waals surface area contributed by atoms with Gasteiger partial charge in [-0.05, 0) is 78.6 Å². The molecule has 4 fully saturated rings. The van der Waals surface area contributed by atoms with Crippen LogP contribution in [0, 0.1) is 34.9 Å². The molecule has 4 aromatic rings. The van der Waals surface area contributed by atoms with Crippen LogP contribution in [0.5, 0.6) is 23.0 Å². The number of benzene rings is 2. The van der Waals surface area contributed by atoms with Crippen LogP contribution in [0.25, 0.3) is 22.5 Å². The molecule has 24 heteroatoms. The molecule has 4 saturated heterocycles. The van der Waals surface area contributed by atoms with Crippen LogP contribution in [-0.4, -0.2) is 181 Å². The Labute approximate surface area is 426 Å². The molecule has 6 aliphatic heterocycles. The Hall–Kier alpha value is -6.79. The summed E-state index contributed by atoms with van der Waals surface area (Å²) in [6.07, 6.45) is -2.46. The van der Waals surface area contributed by atoms with Crippen LogP contribution in [0.2, 0.25) is 0 Å². The molecule has 8 heterocycles. The number of hydrogen-bond acceptors (Lipinski definition) is 15. The predicted molar refractivity (Wildman–Crippen MR) is 256 cm³/mol. The minimum atomic E-state index is -1.38. The highest BCUT2D eigenvalue weighted by molar-refractivity contribution is 6.04. The molecule has 3 amide bonds. The van der Waals surface area contributed by atoms with E-state index in [1.807, 2.05) is 4.90 Å². The van der Waals surface area contributed by atoms with Crippen molar-refractivity contribution in [3.8, 4) is 45.5 Å². The molecular formula is C51H56F6N8O10. The van der Waals surface area contributed by atoms with Crippen molar-refractivity contribution in [1.29, 1.82) is 0 Å². The molecule has 2 aromatic carbocycles. The molecule has 10 rings (SSSR count). The van der Waals surface area contributed by atoms with E-state index in [0.29, 0.717) is 24.3 Å². The lowest BCUT2D eigenvalue weighted by atomic mass is 9.95. The summed E-state index contributed by atoms with van der Waals surface area (Å²) in [5.41, 5.74) is -7.26. The van der Waals surface area contributed by atoms with E-state index in [4.69, 9.17) is 14.2 Å². The Balaban J connectivity index is 0.998. The van der Waals surface area contributed by atoms with E-state index in [1.54, 1.807) is 51.3 Å². The summed E-state index contributed by atoms with van der Waals surface area (Å²) in [5.74, 6) is -13.5. The summed E-state index contributed by atoms with van der Waals surface area (Å²) in [6, 6.07) is 1.02. The number of anilines is 2. The van der Waals surface area contributed by atoms with Crippen LogP contribution < -0.4 is 19.3 Å². The number of rotatable bonds is 6. The third kappa shape index (κ3) is 8.90. The van der Waals surface area contributed by atoms with E-state index in [9.17, 15) is 43.6 Å². The molecule has 6 aliphatic rings. The molecular weight excluding hydrogens is 999 g/mol. The van der Waals surface area contributed by atoms with Gasteiger partial charge in [-0.2, -0.15) is 0 Å². The molecule has 5 atom stereocenters. The van der Waals surface area contributed by atoms with Gasteiger partial charge in [-0.25, -0.2) is 41.1 Å². The number of β-amino-alcohol motifs (C(OH)–C–C–N with tert-alkyl or cyclic N) is 2. The van der Waals surface area contributed by atoms with E-state index in [0.717, 1.165) is 0 Å². The highest BCUT2D eigenvalue weighted by Gasteiger charge is 2.51. The zero-order valence-corrected chi connectivity index (χ0v) is 41.9. The number of halogens is 6. The first-order valence-corrected chi connectivity index (χ1v) is 24.6. The summed E-state index contributed by atoms with van der Waals surface area (Å²) in [6.45, 7) is 9.53. The van der Waals surface area contributed by atoms with Crippen LogP contribution in [-0.2, 0) is 4.74 Å². The van der Waals surface area contributed by atoms with Gasteiger partial charge < -0.3 is 59.1 Å². The number of aliphatic hydroxyl groups is 2. The fourth-order valence-electron chi connectivity index (χ4n) is 11.5. The van der Waals surface area contributed by atoms with Crippen LogP contribution in [0.4, 0.5) is 42.8 Å².